The molecule has 3 rings (SSSR count). The zero-order chi connectivity index (χ0) is 24.0. The summed E-state index contributed by atoms with van der Waals surface area (Å²) in [6, 6.07) is 11.1. The number of carbonyl (C=O) groups excluding carboxylic acids is 4. The molecule has 0 spiro atoms. The Labute approximate surface area is 194 Å². The van der Waals surface area contributed by atoms with Crippen LogP contribution < -0.4 is 20.2 Å². The highest BCUT2D eigenvalue weighted by molar-refractivity contribution is 6.30. The fourth-order valence-corrected chi connectivity index (χ4v) is 3.31. The largest absolute Gasteiger partial charge is 0.497 e. The van der Waals surface area contributed by atoms with Crippen molar-refractivity contribution in [2.24, 2.45) is 5.92 Å². The van der Waals surface area contributed by atoms with Crippen LogP contribution in [0.3, 0.4) is 0 Å². The van der Waals surface area contributed by atoms with Crippen molar-refractivity contribution in [2.75, 3.05) is 32.7 Å². The summed E-state index contributed by atoms with van der Waals surface area (Å²) in [6.07, 6.45) is -0.156. The first-order chi connectivity index (χ1) is 15.8. The van der Waals surface area contributed by atoms with Crippen LogP contribution in [0.1, 0.15) is 16.8 Å². The molecule has 0 unspecified atom stereocenters. The average molecular weight is 476 g/mol. The van der Waals surface area contributed by atoms with E-state index < -0.39 is 36.2 Å². The Bertz CT molecular complexity index is 1050. The van der Waals surface area contributed by atoms with Gasteiger partial charge in [0.15, 0.2) is 6.61 Å². The van der Waals surface area contributed by atoms with Crippen molar-refractivity contribution in [3.05, 3.63) is 53.1 Å². The van der Waals surface area contributed by atoms with Crippen LogP contribution in [0.4, 0.5) is 5.69 Å². The molecule has 33 heavy (non-hydrogen) atoms. The number of nitrogens with zero attached hydrogens (tertiary/aromatic N) is 1. The van der Waals surface area contributed by atoms with Gasteiger partial charge in [0.2, 0.25) is 5.91 Å². The summed E-state index contributed by atoms with van der Waals surface area (Å²) in [4.78, 5) is 49.2. The van der Waals surface area contributed by atoms with E-state index in [9.17, 15) is 19.2 Å². The van der Waals surface area contributed by atoms with Crippen molar-refractivity contribution in [1.82, 2.24) is 10.4 Å². The van der Waals surface area contributed by atoms with E-state index in [4.69, 9.17) is 25.8 Å². The molecule has 11 heteroatoms. The molecule has 0 saturated carbocycles. The number of esters is 1. The number of hydrogen-bond donors (Lipinski definition) is 2. The van der Waals surface area contributed by atoms with Crippen LogP contribution in [0.2, 0.25) is 5.02 Å². The summed E-state index contributed by atoms with van der Waals surface area (Å²) < 4.78 is 15.3. The third-order valence-electron chi connectivity index (χ3n) is 4.76. The molecule has 2 aromatic rings. The summed E-state index contributed by atoms with van der Waals surface area (Å²) in [5.41, 5.74) is 3.14. The lowest BCUT2D eigenvalue weighted by molar-refractivity contribution is -0.151. The van der Waals surface area contributed by atoms with Gasteiger partial charge in [0.05, 0.1) is 26.7 Å². The Hall–Kier alpha value is -3.79. The van der Waals surface area contributed by atoms with Crippen molar-refractivity contribution >= 4 is 41.0 Å². The molecule has 0 aliphatic carbocycles. The van der Waals surface area contributed by atoms with Gasteiger partial charge in [-0.25, -0.2) is 0 Å². The van der Waals surface area contributed by atoms with E-state index >= 15 is 0 Å². The maximum Gasteiger partial charge on any atom is 0.311 e. The molecule has 2 N–H and O–H groups in total. The molecule has 0 aromatic heterocycles. The molecular formula is C22H22ClN3O7. The van der Waals surface area contributed by atoms with Crippen LogP contribution in [0.15, 0.2) is 42.5 Å². The Morgan fingerprint density at radius 2 is 1.79 bits per heavy atom. The summed E-state index contributed by atoms with van der Waals surface area (Å²) in [7, 11) is 2.90. The number of methoxy groups -OCH3 is 2. The van der Waals surface area contributed by atoms with E-state index in [1.807, 2.05) is 0 Å². The van der Waals surface area contributed by atoms with Gasteiger partial charge in [0.1, 0.15) is 11.5 Å². The number of ether oxygens (including phenoxy) is 3. The fraction of sp³-hybridized carbons (Fsp3) is 0.273. The first-order valence-corrected chi connectivity index (χ1v) is 10.2. The summed E-state index contributed by atoms with van der Waals surface area (Å²) >= 11 is 5.86. The van der Waals surface area contributed by atoms with Crippen LogP contribution in [0.25, 0.3) is 0 Å². The first kappa shape index (κ1) is 23.9. The minimum atomic E-state index is -0.823. The lowest BCUT2D eigenvalue weighted by Crippen LogP contribution is -2.43. The smallest absolute Gasteiger partial charge is 0.311 e. The Morgan fingerprint density at radius 3 is 2.42 bits per heavy atom. The highest BCUT2D eigenvalue weighted by Gasteiger charge is 2.36. The molecule has 1 fully saturated rings. The molecule has 1 atom stereocenters. The molecule has 1 heterocycles. The molecule has 3 amide bonds. The molecule has 2 aromatic carbocycles. The lowest BCUT2D eigenvalue weighted by Gasteiger charge is -2.18. The predicted octanol–water partition coefficient (Wildman–Crippen LogP) is 2.03. The highest BCUT2D eigenvalue weighted by Crippen LogP contribution is 2.23. The second-order valence-corrected chi connectivity index (χ2v) is 7.55. The average Bonchev–Trinajstić information content (AvgIpc) is 3.17. The second-order valence-electron chi connectivity index (χ2n) is 7.11. The number of anilines is 1. The highest BCUT2D eigenvalue weighted by atomic mass is 35.5. The van der Waals surface area contributed by atoms with Gasteiger partial charge in [-0.2, -0.15) is 0 Å². The van der Waals surface area contributed by atoms with Gasteiger partial charge < -0.3 is 19.5 Å². The standard InChI is InChI=1S/C22H22ClN3O7/c1-31-17-6-13(7-18(10-17)32-2)21(29)25-26-11-14(8-20(26)28)22(30)33-12-19(27)24-16-5-3-4-15(23)9-16/h3-7,9-10,14H,8,11-12H2,1-2H3,(H,24,27)(H,25,29)/t14-/m0/s1. The summed E-state index contributed by atoms with van der Waals surface area (Å²) in [5, 5.41) is 4.05. The monoisotopic (exact) mass is 475 g/mol. The Morgan fingerprint density at radius 1 is 1.09 bits per heavy atom. The molecule has 1 aliphatic heterocycles. The molecule has 174 valence electrons. The minimum Gasteiger partial charge on any atom is -0.497 e. The van der Waals surface area contributed by atoms with Crippen molar-refractivity contribution in [3.8, 4) is 11.5 Å². The molecule has 0 bridgehead atoms. The predicted molar refractivity (Wildman–Crippen MR) is 118 cm³/mol. The number of halogens is 1. The zero-order valence-corrected chi connectivity index (χ0v) is 18.7. The number of amides is 3. The Kier molecular flexibility index (Phi) is 7.73. The zero-order valence-electron chi connectivity index (χ0n) is 17.9. The van der Waals surface area contributed by atoms with Crippen LogP contribution in [0, 0.1) is 5.92 Å². The van der Waals surface area contributed by atoms with E-state index in [1.54, 1.807) is 30.3 Å². The van der Waals surface area contributed by atoms with Gasteiger partial charge >= 0.3 is 5.97 Å². The minimum absolute atomic E-state index is 0.0829. The molecule has 1 aliphatic rings. The van der Waals surface area contributed by atoms with Crippen LogP contribution in [-0.2, 0) is 19.1 Å². The van der Waals surface area contributed by atoms with Crippen LogP contribution in [-0.4, -0.2) is 56.1 Å². The van der Waals surface area contributed by atoms with Gasteiger partial charge in [0, 0.05) is 28.8 Å². The van der Waals surface area contributed by atoms with Crippen molar-refractivity contribution < 1.29 is 33.4 Å². The van der Waals surface area contributed by atoms with Gasteiger partial charge in [-0.05, 0) is 30.3 Å². The van der Waals surface area contributed by atoms with Crippen molar-refractivity contribution in [1.29, 1.82) is 0 Å². The lowest BCUT2D eigenvalue weighted by atomic mass is 10.1. The number of benzene rings is 2. The SMILES string of the molecule is COc1cc(OC)cc(C(=O)NN2C[C@@H](C(=O)OCC(=O)Nc3cccc(Cl)c3)CC2=O)c1. The number of hydrazine groups is 1. The van der Waals surface area contributed by atoms with Gasteiger partial charge in [0.25, 0.3) is 11.8 Å². The van der Waals surface area contributed by atoms with Crippen molar-refractivity contribution in [3.63, 3.8) is 0 Å². The third kappa shape index (κ3) is 6.36. The van der Waals surface area contributed by atoms with E-state index in [-0.39, 0.29) is 18.5 Å². The van der Waals surface area contributed by atoms with Gasteiger partial charge in [-0.3, -0.25) is 29.6 Å². The first-order valence-electron chi connectivity index (χ1n) is 9.85. The molecule has 1 saturated heterocycles. The normalized spacial score (nSPS) is 15.1. The van der Waals surface area contributed by atoms with E-state index in [2.05, 4.69) is 10.7 Å². The van der Waals surface area contributed by atoms with E-state index in [0.29, 0.717) is 22.2 Å². The topological polar surface area (TPSA) is 123 Å². The molecule has 10 nitrogen and oxygen atoms in total. The molecule has 0 radical (unpaired) electrons. The second kappa shape index (κ2) is 10.7. The van der Waals surface area contributed by atoms with Crippen LogP contribution in [0.5, 0.6) is 11.5 Å². The third-order valence-corrected chi connectivity index (χ3v) is 5.00. The van der Waals surface area contributed by atoms with E-state index in [0.717, 1.165) is 5.01 Å². The number of carbonyl (C=O) groups is 4. The fourth-order valence-electron chi connectivity index (χ4n) is 3.12. The summed E-state index contributed by atoms with van der Waals surface area (Å²) in [5.74, 6) is -2.30. The Balaban J connectivity index is 1.52. The quantitative estimate of drug-likeness (QED) is 0.560. The van der Waals surface area contributed by atoms with Crippen molar-refractivity contribution in [2.45, 2.75) is 6.42 Å². The number of rotatable bonds is 8. The number of hydrogen-bond acceptors (Lipinski definition) is 7. The summed E-state index contributed by atoms with van der Waals surface area (Å²) in [6.45, 7) is -0.605. The maximum absolute atomic E-state index is 12.6. The van der Waals surface area contributed by atoms with Gasteiger partial charge in [-0.15, -0.1) is 0 Å². The van der Waals surface area contributed by atoms with Gasteiger partial charge in [-0.1, -0.05) is 17.7 Å². The van der Waals surface area contributed by atoms with Crippen LogP contribution >= 0.6 is 11.6 Å². The van der Waals surface area contributed by atoms with E-state index in [1.165, 1.54) is 26.4 Å². The molecular weight excluding hydrogens is 454 g/mol. The number of nitrogens with one attached hydrogen (secondary N) is 2. The maximum atomic E-state index is 12.6.